The molecule has 2 heteroatoms. The molecule has 0 bridgehead atoms. The van der Waals surface area contributed by atoms with Crippen molar-refractivity contribution in [2.45, 2.75) is 32.6 Å². The molecule has 0 aliphatic heterocycles. The van der Waals surface area contributed by atoms with E-state index in [1.54, 1.807) is 6.26 Å². The van der Waals surface area contributed by atoms with Gasteiger partial charge in [0.2, 0.25) is 0 Å². The second-order valence-corrected chi connectivity index (χ2v) is 5.75. The summed E-state index contributed by atoms with van der Waals surface area (Å²) in [4.78, 5) is 0. The van der Waals surface area contributed by atoms with Crippen LogP contribution in [-0.2, 0) is 6.42 Å². The van der Waals surface area contributed by atoms with E-state index in [9.17, 15) is 0 Å². The van der Waals surface area contributed by atoms with Crippen LogP contribution in [0.4, 0.5) is 0 Å². The highest BCUT2D eigenvalue weighted by Gasteiger charge is 2.53. The zero-order valence-corrected chi connectivity index (χ0v) is 10.0. The van der Waals surface area contributed by atoms with Gasteiger partial charge in [0.05, 0.1) is 12.5 Å². The predicted molar refractivity (Wildman–Crippen MR) is 64.2 cm³/mol. The molecule has 1 heterocycles. The molecule has 0 amide bonds. The summed E-state index contributed by atoms with van der Waals surface area (Å²) >= 11 is 0. The van der Waals surface area contributed by atoms with E-state index >= 15 is 0 Å². The highest BCUT2D eigenvalue weighted by molar-refractivity contribution is 5.14. The molecule has 1 N–H and O–H groups in total. The molecule has 2 aliphatic carbocycles. The van der Waals surface area contributed by atoms with Crippen molar-refractivity contribution < 1.29 is 4.42 Å². The van der Waals surface area contributed by atoms with Gasteiger partial charge >= 0.3 is 0 Å². The number of fused-ring (bicyclic) bond motifs is 1. The van der Waals surface area contributed by atoms with Gasteiger partial charge in [0.15, 0.2) is 0 Å². The first-order valence-electron chi connectivity index (χ1n) is 6.53. The molecule has 2 unspecified atom stereocenters. The van der Waals surface area contributed by atoms with E-state index in [1.807, 2.05) is 6.26 Å². The highest BCUT2D eigenvalue weighted by atomic mass is 16.3. The van der Waals surface area contributed by atoms with Crippen LogP contribution in [0.5, 0.6) is 0 Å². The molecule has 2 saturated carbocycles. The van der Waals surface area contributed by atoms with Crippen molar-refractivity contribution in [2.75, 3.05) is 13.1 Å². The molecule has 0 radical (unpaired) electrons. The Balaban J connectivity index is 1.69. The zero-order chi connectivity index (χ0) is 11.0. The van der Waals surface area contributed by atoms with Gasteiger partial charge < -0.3 is 9.73 Å². The van der Waals surface area contributed by atoms with Crippen molar-refractivity contribution in [3.8, 4) is 0 Å². The number of hydrogen-bond acceptors (Lipinski definition) is 2. The Hall–Kier alpha value is -0.760. The molecular weight excluding hydrogens is 198 g/mol. The van der Waals surface area contributed by atoms with E-state index in [-0.39, 0.29) is 0 Å². The third kappa shape index (κ3) is 1.91. The minimum atomic E-state index is 0.521. The molecule has 16 heavy (non-hydrogen) atoms. The van der Waals surface area contributed by atoms with E-state index in [0.717, 1.165) is 18.4 Å². The third-order valence-electron chi connectivity index (χ3n) is 4.37. The van der Waals surface area contributed by atoms with Gasteiger partial charge in [0, 0.05) is 6.54 Å². The van der Waals surface area contributed by atoms with Crippen molar-refractivity contribution in [2.24, 2.45) is 17.3 Å². The quantitative estimate of drug-likeness (QED) is 0.823. The van der Waals surface area contributed by atoms with E-state index in [0.29, 0.717) is 5.41 Å². The van der Waals surface area contributed by atoms with Gasteiger partial charge in [-0.2, -0.15) is 0 Å². The molecule has 1 aromatic heterocycles. The van der Waals surface area contributed by atoms with Crippen molar-refractivity contribution in [1.29, 1.82) is 0 Å². The van der Waals surface area contributed by atoms with Crippen molar-refractivity contribution in [3.63, 3.8) is 0 Å². The number of hydrogen-bond donors (Lipinski definition) is 1. The minimum absolute atomic E-state index is 0.521. The van der Waals surface area contributed by atoms with Crippen LogP contribution in [0.2, 0.25) is 0 Å². The van der Waals surface area contributed by atoms with E-state index < -0.39 is 0 Å². The number of rotatable bonds is 5. The van der Waals surface area contributed by atoms with Crippen molar-refractivity contribution in [3.05, 3.63) is 24.2 Å². The number of nitrogens with one attached hydrogen (secondary N) is 1. The summed E-state index contributed by atoms with van der Waals surface area (Å²) in [7, 11) is 0. The van der Waals surface area contributed by atoms with Gasteiger partial charge in [-0.3, -0.25) is 0 Å². The molecule has 1 aromatic rings. The summed E-state index contributed by atoms with van der Waals surface area (Å²) < 4.78 is 5.19. The fourth-order valence-corrected chi connectivity index (χ4v) is 3.57. The third-order valence-corrected chi connectivity index (χ3v) is 4.37. The SMILES string of the molecule is CCNCC1(Cc2ccoc2)CC2CC2C1. The summed E-state index contributed by atoms with van der Waals surface area (Å²) in [5, 5.41) is 3.55. The maximum atomic E-state index is 5.19. The van der Waals surface area contributed by atoms with Crippen molar-refractivity contribution >= 4 is 0 Å². The van der Waals surface area contributed by atoms with Gasteiger partial charge in [-0.15, -0.1) is 0 Å². The molecular formula is C14H21NO. The molecule has 0 spiro atoms. The average Bonchev–Trinajstić information content (AvgIpc) is 2.71. The first kappa shape index (κ1) is 10.4. The summed E-state index contributed by atoms with van der Waals surface area (Å²) in [6.07, 6.45) is 9.26. The molecule has 2 atom stereocenters. The van der Waals surface area contributed by atoms with Crippen LogP contribution < -0.4 is 5.32 Å². The maximum Gasteiger partial charge on any atom is 0.0934 e. The van der Waals surface area contributed by atoms with Gasteiger partial charge in [0.25, 0.3) is 0 Å². The lowest BCUT2D eigenvalue weighted by Crippen LogP contribution is -2.35. The van der Waals surface area contributed by atoms with Crippen LogP contribution in [0.15, 0.2) is 23.0 Å². The summed E-state index contributed by atoms with van der Waals surface area (Å²) in [5.74, 6) is 2.09. The molecule has 3 rings (SSSR count). The summed E-state index contributed by atoms with van der Waals surface area (Å²) in [6, 6.07) is 2.12. The Labute approximate surface area is 97.4 Å². The zero-order valence-electron chi connectivity index (χ0n) is 10.0. The highest BCUT2D eigenvalue weighted by Crippen LogP contribution is 2.60. The average molecular weight is 219 g/mol. The van der Waals surface area contributed by atoms with E-state index in [1.165, 1.54) is 37.8 Å². The first-order chi connectivity index (χ1) is 7.81. The van der Waals surface area contributed by atoms with Crippen molar-refractivity contribution in [1.82, 2.24) is 5.32 Å². The topological polar surface area (TPSA) is 25.2 Å². The lowest BCUT2D eigenvalue weighted by Gasteiger charge is -2.31. The molecule has 88 valence electrons. The second kappa shape index (κ2) is 3.92. The largest absolute Gasteiger partial charge is 0.472 e. The lowest BCUT2D eigenvalue weighted by atomic mass is 9.78. The summed E-state index contributed by atoms with van der Waals surface area (Å²) in [6.45, 7) is 4.46. The Kier molecular flexibility index (Phi) is 2.55. The molecule has 2 fully saturated rings. The van der Waals surface area contributed by atoms with Gasteiger partial charge in [-0.05, 0) is 61.1 Å². The van der Waals surface area contributed by atoms with Crippen LogP contribution in [0.25, 0.3) is 0 Å². The Bertz CT molecular complexity index is 334. The van der Waals surface area contributed by atoms with Gasteiger partial charge in [-0.25, -0.2) is 0 Å². The molecule has 2 aliphatic rings. The molecule has 2 nitrogen and oxygen atoms in total. The monoisotopic (exact) mass is 219 g/mol. The predicted octanol–water partition coefficient (Wildman–Crippen LogP) is 2.85. The first-order valence-corrected chi connectivity index (χ1v) is 6.53. The standard InChI is InChI=1S/C14H21NO/c1-2-15-10-14(6-11-3-4-16-9-11)7-12-5-13(12)8-14/h3-4,9,12-13,15H,2,5-8,10H2,1H3. The smallest absolute Gasteiger partial charge is 0.0934 e. The van der Waals surface area contributed by atoms with E-state index in [4.69, 9.17) is 4.42 Å². The Morgan fingerprint density at radius 1 is 1.44 bits per heavy atom. The van der Waals surface area contributed by atoms with Gasteiger partial charge in [0.1, 0.15) is 0 Å². The maximum absolute atomic E-state index is 5.19. The Morgan fingerprint density at radius 3 is 2.88 bits per heavy atom. The molecule has 0 saturated heterocycles. The lowest BCUT2D eigenvalue weighted by molar-refractivity contribution is 0.250. The van der Waals surface area contributed by atoms with Crippen LogP contribution in [0.1, 0.15) is 31.7 Å². The van der Waals surface area contributed by atoms with Crippen LogP contribution >= 0.6 is 0 Å². The fourth-order valence-electron chi connectivity index (χ4n) is 3.57. The van der Waals surface area contributed by atoms with Gasteiger partial charge in [-0.1, -0.05) is 6.92 Å². The van der Waals surface area contributed by atoms with Crippen LogP contribution in [0, 0.1) is 17.3 Å². The normalized spacial score (nSPS) is 36.3. The molecule has 0 aromatic carbocycles. The summed E-state index contributed by atoms with van der Waals surface area (Å²) in [5.41, 5.74) is 1.90. The number of furan rings is 1. The van der Waals surface area contributed by atoms with Crippen LogP contribution in [-0.4, -0.2) is 13.1 Å². The minimum Gasteiger partial charge on any atom is -0.472 e. The van der Waals surface area contributed by atoms with Crippen LogP contribution in [0.3, 0.4) is 0 Å². The van der Waals surface area contributed by atoms with E-state index in [2.05, 4.69) is 18.3 Å². The second-order valence-electron chi connectivity index (χ2n) is 5.75. The fraction of sp³-hybridized carbons (Fsp3) is 0.714. The Morgan fingerprint density at radius 2 is 2.25 bits per heavy atom.